The average molecular weight is 555 g/mol. The predicted molar refractivity (Wildman–Crippen MR) is 137 cm³/mol. The Bertz CT molecular complexity index is 1150. The summed E-state index contributed by atoms with van der Waals surface area (Å²) in [7, 11) is -2.87. The number of aliphatic imine (C=N–C) groups is 1. The lowest BCUT2D eigenvalue weighted by molar-refractivity contribution is -0.143. The van der Waals surface area contributed by atoms with E-state index in [4.69, 9.17) is 16.2 Å². The summed E-state index contributed by atoms with van der Waals surface area (Å²) in [5.41, 5.74) is 10.8. The topological polar surface area (TPSA) is 224 Å². The van der Waals surface area contributed by atoms with Gasteiger partial charge in [-0.25, -0.2) is 22.7 Å². The van der Waals surface area contributed by atoms with Crippen LogP contribution in [0.2, 0.25) is 0 Å². The molecule has 1 aliphatic rings. The molecule has 0 bridgehead atoms. The molecule has 38 heavy (non-hydrogen) atoms. The zero-order chi connectivity index (χ0) is 28.3. The van der Waals surface area contributed by atoms with Crippen LogP contribution in [0.5, 0.6) is 0 Å². The molecule has 0 saturated carbocycles. The van der Waals surface area contributed by atoms with Crippen molar-refractivity contribution < 1.29 is 37.4 Å². The maximum atomic E-state index is 13.1. The number of benzene rings is 1. The highest BCUT2D eigenvalue weighted by molar-refractivity contribution is 7.88. The van der Waals surface area contributed by atoms with Crippen molar-refractivity contribution >= 4 is 39.7 Å². The number of hydrogen-bond acceptors (Lipinski definition) is 8. The van der Waals surface area contributed by atoms with Crippen molar-refractivity contribution in [1.29, 1.82) is 0 Å². The van der Waals surface area contributed by atoms with Crippen molar-refractivity contribution in [3.63, 3.8) is 0 Å². The number of nitrogens with zero attached hydrogens (tertiary/aromatic N) is 2. The number of sulfonamides is 1. The first-order valence-corrected chi connectivity index (χ1v) is 13.6. The molecule has 2 rings (SSSR count). The second-order valence-corrected chi connectivity index (χ2v) is 10.5. The summed E-state index contributed by atoms with van der Waals surface area (Å²) < 4.78 is 32.9. The molecular formula is C23H34N6O8S. The van der Waals surface area contributed by atoms with Gasteiger partial charge < -0.3 is 31.5 Å². The third kappa shape index (κ3) is 9.63. The smallest absolute Gasteiger partial charge is 0.338 e. The summed E-state index contributed by atoms with van der Waals surface area (Å²) in [6.07, 6.45) is 1.65. The summed E-state index contributed by atoms with van der Waals surface area (Å²) in [6.45, 7) is -0.0314. The van der Waals surface area contributed by atoms with Gasteiger partial charge in [-0.15, -0.1) is 0 Å². The molecule has 0 radical (unpaired) electrons. The van der Waals surface area contributed by atoms with Crippen LogP contribution in [0.15, 0.2) is 29.3 Å². The van der Waals surface area contributed by atoms with Gasteiger partial charge in [0.25, 0.3) is 0 Å². The Labute approximate surface area is 220 Å². The third-order valence-corrected chi connectivity index (χ3v) is 7.12. The maximum absolute atomic E-state index is 13.1. The van der Waals surface area contributed by atoms with E-state index in [2.05, 4.69) is 15.0 Å². The van der Waals surface area contributed by atoms with Gasteiger partial charge in [0.2, 0.25) is 21.8 Å². The molecule has 0 aliphatic carbocycles. The van der Waals surface area contributed by atoms with Crippen LogP contribution in [-0.4, -0.2) is 87.0 Å². The van der Waals surface area contributed by atoms with Crippen LogP contribution in [-0.2, 0) is 34.9 Å². The van der Waals surface area contributed by atoms with Crippen molar-refractivity contribution in [1.82, 2.24) is 14.9 Å². The normalized spacial score (nSPS) is 16.7. The van der Waals surface area contributed by atoms with Crippen molar-refractivity contribution in [2.75, 3.05) is 26.7 Å². The number of nitrogens with two attached hydrogens (primary N) is 2. The number of likely N-dealkylation sites (tertiary alicyclic amines) is 1. The molecule has 1 aromatic carbocycles. The summed E-state index contributed by atoms with van der Waals surface area (Å²) in [5.74, 6) is -3.90. The van der Waals surface area contributed by atoms with Crippen LogP contribution in [0.1, 0.15) is 48.0 Å². The maximum Gasteiger partial charge on any atom is 0.338 e. The Morgan fingerprint density at radius 2 is 1.95 bits per heavy atom. The van der Waals surface area contributed by atoms with Crippen LogP contribution in [0.25, 0.3) is 0 Å². The number of rotatable bonds is 13. The van der Waals surface area contributed by atoms with Crippen LogP contribution in [0, 0.1) is 0 Å². The van der Waals surface area contributed by atoms with E-state index < -0.39 is 58.2 Å². The van der Waals surface area contributed by atoms with E-state index in [1.54, 1.807) is 12.1 Å². The Kier molecular flexibility index (Phi) is 11.5. The monoisotopic (exact) mass is 554 g/mol. The third-order valence-electron chi connectivity index (χ3n) is 5.78. The lowest BCUT2D eigenvalue weighted by Crippen LogP contribution is -2.51. The second-order valence-electron chi connectivity index (χ2n) is 8.74. The highest BCUT2D eigenvalue weighted by Gasteiger charge is 2.32. The second kappa shape index (κ2) is 14.3. The minimum atomic E-state index is -4.06. The molecule has 0 aromatic heterocycles. The van der Waals surface area contributed by atoms with E-state index in [0.29, 0.717) is 19.3 Å². The Hall–Kier alpha value is -3.72. The summed E-state index contributed by atoms with van der Waals surface area (Å²) in [5, 5.41) is 11.8. The molecule has 15 heteroatoms. The molecule has 1 fully saturated rings. The van der Waals surface area contributed by atoms with Gasteiger partial charge in [-0.2, -0.15) is 0 Å². The fourth-order valence-electron chi connectivity index (χ4n) is 3.96. The number of guanidine groups is 1. The molecule has 14 nitrogen and oxygen atoms in total. The predicted octanol–water partition coefficient (Wildman–Crippen LogP) is -1.10. The van der Waals surface area contributed by atoms with Crippen LogP contribution < -0.4 is 21.5 Å². The number of aliphatic carboxylic acids is 1. The Balaban J connectivity index is 2.04. The van der Waals surface area contributed by atoms with Gasteiger partial charge >= 0.3 is 11.9 Å². The molecule has 0 unspecified atom stereocenters. The zero-order valence-corrected chi connectivity index (χ0v) is 21.9. The lowest BCUT2D eigenvalue weighted by atomic mass is 10.1. The largest absolute Gasteiger partial charge is 0.480 e. The number of hydrogen-bond donors (Lipinski definition) is 5. The molecule has 0 spiro atoms. The molecule has 2 amide bonds. The van der Waals surface area contributed by atoms with Crippen molar-refractivity contribution in [2.24, 2.45) is 16.5 Å². The average Bonchev–Trinajstić information content (AvgIpc) is 3.01. The number of methoxy groups -OCH3 is 1. The summed E-state index contributed by atoms with van der Waals surface area (Å²) in [6, 6.07) is 3.76. The fraction of sp³-hybridized carbons (Fsp3) is 0.522. The van der Waals surface area contributed by atoms with Crippen LogP contribution >= 0.6 is 0 Å². The number of nitrogens with one attached hydrogen (secondary N) is 2. The first kappa shape index (κ1) is 30.5. The summed E-state index contributed by atoms with van der Waals surface area (Å²) >= 11 is 0. The molecule has 1 aromatic rings. The van der Waals surface area contributed by atoms with Crippen molar-refractivity contribution in [2.45, 2.75) is 49.9 Å². The highest BCUT2D eigenvalue weighted by Crippen LogP contribution is 2.17. The van der Waals surface area contributed by atoms with Crippen molar-refractivity contribution in [3.8, 4) is 0 Å². The minimum absolute atomic E-state index is 0.0707. The van der Waals surface area contributed by atoms with Gasteiger partial charge in [0.05, 0.1) is 25.0 Å². The zero-order valence-electron chi connectivity index (χ0n) is 21.1. The van der Waals surface area contributed by atoms with E-state index in [0.717, 1.165) is 0 Å². The first-order valence-electron chi connectivity index (χ1n) is 12.0. The van der Waals surface area contributed by atoms with Gasteiger partial charge in [-0.05, 0) is 43.7 Å². The number of carbonyl (C=O) groups excluding carboxylic acids is 3. The molecule has 1 saturated heterocycles. The number of esters is 1. The number of amides is 2. The van der Waals surface area contributed by atoms with E-state index in [1.165, 1.54) is 24.1 Å². The van der Waals surface area contributed by atoms with E-state index >= 15 is 0 Å². The van der Waals surface area contributed by atoms with E-state index in [9.17, 15) is 32.7 Å². The van der Waals surface area contributed by atoms with Crippen LogP contribution in [0.3, 0.4) is 0 Å². The quantitative estimate of drug-likeness (QED) is 0.0856. The van der Waals surface area contributed by atoms with Gasteiger partial charge in [0.1, 0.15) is 12.1 Å². The molecule has 2 atom stereocenters. The van der Waals surface area contributed by atoms with Gasteiger partial charge in [-0.3, -0.25) is 14.6 Å². The fourth-order valence-corrected chi connectivity index (χ4v) is 5.36. The number of carbonyl (C=O) groups is 4. The summed E-state index contributed by atoms with van der Waals surface area (Å²) in [4.78, 5) is 54.2. The molecule has 1 heterocycles. The van der Waals surface area contributed by atoms with Crippen LogP contribution in [0.4, 0.5) is 0 Å². The van der Waals surface area contributed by atoms with E-state index in [-0.39, 0.29) is 43.0 Å². The first-order chi connectivity index (χ1) is 17.9. The number of ether oxygens (including phenoxy) is 1. The molecular weight excluding hydrogens is 520 g/mol. The van der Waals surface area contributed by atoms with Gasteiger partial charge in [-0.1, -0.05) is 18.2 Å². The SMILES string of the molecule is COC(=O)c1ccccc1CS(=O)(=O)N[C@H]1CCCCN(CC(=O)N[C@@H](CCCN=C(N)N)C(=O)O)C1=O. The van der Waals surface area contributed by atoms with E-state index in [1.807, 2.05) is 0 Å². The molecule has 7 N–H and O–H groups in total. The Morgan fingerprint density at radius 3 is 2.61 bits per heavy atom. The molecule has 210 valence electrons. The highest BCUT2D eigenvalue weighted by atomic mass is 32.2. The minimum Gasteiger partial charge on any atom is -0.480 e. The number of carboxylic acids is 1. The number of carboxylic acid groups (broad SMARTS) is 1. The lowest BCUT2D eigenvalue weighted by Gasteiger charge is -2.25. The van der Waals surface area contributed by atoms with Gasteiger partial charge in [0.15, 0.2) is 5.96 Å². The Morgan fingerprint density at radius 1 is 1.24 bits per heavy atom. The van der Waals surface area contributed by atoms with Gasteiger partial charge in [0, 0.05) is 13.1 Å². The van der Waals surface area contributed by atoms with Crippen molar-refractivity contribution in [3.05, 3.63) is 35.4 Å². The molecule has 1 aliphatic heterocycles. The standard InChI is InChI=1S/C23H34N6O8S/c1-37-22(34)16-8-3-2-7-15(16)14-38(35,36)28-17-9-4-5-12-29(20(17)31)13-19(30)27-18(21(32)33)10-6-11-26-23(24)25/h2-3,7-8,17-18,28H,4-6,9-14H2,1H3,(H,27,30)(H,32,33)(H4,24,25,26)/t17-,18-/m0/s1.